The number of amides is 1. The zero-order chi connectivity index (χ0) is 13.7. The highest BCUT2D eigenvalue weighted by Gasteiger charge is 2.23. The Kier molecular flexibility index (Phi) is 5.28. The van der Waals surface area contributed by atoms with E-state index < -0.39 is 6.04 Å². The van der Waals surface area contributed by atoms with E-state index in [0.717, 1.165) is 5.56 Å². The quantitative estimate of drug-likeness (QED) is 0.875. The van der Waals surface area contributed by atoms with E-state index in [-0.39, 0.29) is 17.8 Å². The molecule has 0 aliphatic rings. The van der Waals surface area contributed by atoms with Crippen molar-refractivity contribution in [3.05, 3.63) is 35.6 Å². The topological polar surface area (TPSA) is 46.3 Å². The van der Waals surface area contributed by atoms with Crippen molar-refractivity contribution < 1.29 is 9.18 Å². The molecule has 2 atom stereocenters. The Morgan fingerprint density at radius 3 is 2.33 bits per heavy atom. The number of rotatable bonds is 5. The third-order valence-corrected chi connectivity index (χ3v) is 3.20. The van der Waals surface area contributed by atoms with Gasteiger partial charge in [0, 0.05) is 6.54 Å². The fraction of sp³-hybridized carbons (Fsp3) is 0.500. The molecule has 3 nitrogen and oxygen atoms in total. The van der Waals surface area contributed by atoms with Crippen LogP contribution in [0.1, 0.15) is 38.8 Å². The van der Waals surface area contributed by atoms with E-state index in [1.165, 1.54) is 12.1 Å². The monoisotopic (exact) mass is 252 g/mol. The van der Waals surface area contributed by atoms with Gasteiger partial charge in [-0.3, -0.25) is 4.79 Å². The highest BCUT2D eigenvalue weighted by Crippen LogP contribution is 2.21. The Bertz CT molecular complexity index is 391. The van der Waals surface area contributed by atoms with Gasteiger partial charge in [-0.05, 0) is 38.0 Å². The van der Waals surface area contributed by atoms with Gasteiger partial charge in [0.25, 0.3) is 0 Å². The van der Waals surface area contributed by atoms with Gasteiger partial charge in [-0.25, -0.2) is 4.39 Å². The Hall–Kier alpha value is -1.42. The molecule has 0 saturated carbocycles. The summed E-state index contributed by atoms with van der Waals surface area (Å²) in [6.07, 6.45) is 0.617. The number of nitrogens with zero attached hydrogens (tertiary/aromatic N) is 1. The third-order valence-electron chi connectivity index (χ3n) is 3.20. The van der Waals surface area contributed by atoms with E-state index in [0.29, 0.717) is 13.0 Å². The molecule has 1 rings (SSSR count). The Morgan fingerprint density at radius 2 is 1.89 bits per heavy atom. The number of benzene rings is 1. The maximum atomic E-state index is 12.9. The average Bonchev–Trinajstić information content (AvgIpc) is 2.39. The molecule has 0 unspecified atom stereocenters. The minimum absolute atomic E-state index is 0.0585. The lowest BCUT2D eigenvalue weighted by Gasteiger charge is -2.30. The molecule has 4 heteroatoms. The first kappa shape index (κ1) is 14.6. The summed E-state index contributed by atoms with van der Waals surface area (Å²) in [5.74, 6) is -0.331. The largest absolute Gasteiger partial charge is 0.335 e. The van der Waals surface area contributed by atoms with E-state index in [1.807, 2.05) is 20.8 Å². The lowest BCUT2D eigenvalue weighted by Crippen LogP contribution is -2.44. The Balaban J connectivity index is 2.88. The predicted molar refractivity (Wildman–Crippen MR) is 70.5 cm³/mol. The Morgan fingerprint density at radius 1 is 1.33 bits per heavy atom. The van der Waals surface area contributed by atoms with E-state index in [9.17, 15) is 9.18 Å². The summed E-state index contributed by atoms with van der Waals surface area (Å²) in [6.45, 7) is 6.32. The predicted octanol–water partition coefficient (Wildman–Crippen LogP) is 2.47. The van der Waals surface area contributed by atoms with Crippen molar-refractivity contribution >= 4 is 5.91 Å². The zero-order valence-corrected chi connectivity index (χ0v) is 11.2. The van der Waals surface area contributed by atoms with Crippen LogP contribution in [0.15, 0.2) is 24.3 Å². The summed E-state index contributed by atoms with van der Waals surface area (Å²) in [5.41, 5.74) is 6.69. The van der Waals surface area contributed by atoms with Gasteiger partial charge < -0.3 is 10.6 Å². The van der Waals surface area contributed by atoms with Crippen molar-refractivity contribution in [2.45, 2.75) is 39.3 Å². The molecule has 2 N–H and O–H groups in total. The lowest BCUT2D eigenvalue weighted by molar-refractivity contribution is -0.134. The molecule has 0 aliphatic carbocycles. The van der Waals surface area contributed by atoms with Crippen LogP contribution in [0.2, 0.25) is 0 Å². The highest BCUT2D eigenvalue weighted by molar-refractivity contribution is 5.82. The van der Waals surface area contributed by atoms with Gasteiger partial charge in [0.05, 0.1) is 12.1 Å². The molecule has 0 saturated heterocycles. The summed E-state index contributed by atoms with van der Waals surface area (Å²) in [7, 11) is 0. The molecule has 0 fully saturated rings. The van der Waals surface area contributed by atoms with Crippen LogP contribution in [0.5, 0.6) is 0 Å². The summed E-state index contributed by atoms with van der Waals surface area (Å²) in [5, 5.41) is 0. The number of carbonyl (C=O) groups excluding carboxylic acids is 1. The summed E-state index contributed by atoms with van der Waals surface area (Å²) in [4.78, 5) is 13.8. The first-order valence-electron chi connectivity index (χ1n) is 6.32. The van der Waals surface area contributed by atoms with Crippen molar-refractivity contribution in [3.8, 4) is 0 Å². The third kappa shape index (κ3) is 3.29. The minimum atomic E-state index is -0.465. The fourth-order valence-corrected chi connectivity index (χ4v) is 1.93. The van der Waals surface area contributed by atoms with Gasteiger partial charge in [-0.2, -0.15) is 0 Å². The molecule has 0 heterocycles. The first-order valence-corrected chi connectivity index (χ1v) is 6.32. The zero-order valence-electron chi connectivity index (χ0n) is 11.2. The van der Waals surface area contributed by atoms with Crippen LogP contribution in [-0.4, -0.2) is 23.4 Å². The SMILES string of the molecule is CC[C@H](N)C(=O)N(CC)[C@H](C)c1ccc(F)cc1. The summed E-state index contributed by atoms with van der Waals surface area (Å²) < 4.78 is 12.9. The van der Waals surface area contributed by atoms with Crippen LogP contribution < -0.4 is 5.73 Å². The van der Waals surface area contributed by atoms with Gasteiger partial charge >= 0.3 is 0 Å². The molecular weight excluding hydrogens is 231 g/mol. The molecule has 18 heavy (non-hydrogen) atoms. The van der Waals surface area contributed by atoms with Crippen LogP contribution in [-0.2, 0) is 4.79 Å². The van der Waals surface area contributed by atoms with Crippen LogP contribution in [0.3, 0.4) is 0 Å². The van der Waals surface area contributed by atoms with Gasteiger partial charge in [-0.15, -0.1) is 0 Å². The number of hydrogen-bond donors (Lipinski definition) is 1. The van der Waals surface area contributed by atoms with Crippen LogP contribution in [0.25, 0.3) is 0 Å². The van der Waals surface area contributed by atoms with E-state index in [1.54, 1.807) is 17.0 Å². The molecule has 0 spiro atoms. The lowest BCUT2D eigenvalue weighted by atomic mass is 10.1. The van der Waals surface area contributed by atoms with Crippen molar-refractivity contribution in [1.29, 1.82) is 0 Å². The van der Waals surface area contributed by atoms with Gasteiger partial charge in [0.2, 0.25) is 5.91 Å². The second-order valence-corrected chi connectivity index (χ2v) is 4.37. The average molecular weight is 252 g/mol. The second-order valence-electron chi connectivity index (χ2n) is 4.37. The molecule has 1 amide bonds. The van der Waals surface area contributed by atoms with Crippen LogP contribution in [0, 0.1) is 5.82 Å². The molecule has 0 bridgehead atoms. The number of hydrogen-bond acceptors (Lipinski definition) is 2. The first-order chi connectivity index (χ1) is 8.51. The molecule has 0 radical (unpaired) electrons. The standard InChI is InChI=1S/C14H21FN2O/c1-4-13(16)14(18)17(5-2)10(3)11-6-8-12(15)9-7-11/h6-10,13H,4-5,16H2,1-3H3/t10-,13+/m1/s1. The van der Waals surface area contributed by atoms with E-state index in [4.69, 9.17) is 5.73 Å². The number of likely N-dealkylation sites (N-methyl/N-ethyl adjacent to an activating group) is 1. The van der Waals surface area contributed by atoms with Crippen molar-refractivity contribution in [2.24, 2.45) is 5.73 Å². The molecule has 0 aromatic heterocycles. The maximum Gasteiger partial charge on any atom is 0.239 e. The molecule has 0 aliphatic heterocycles. The van der Waals surface area contributed by atoms with Crippen LogP contribution in [0.4, 0.5) is 4.39 Å². The second kappa shape index (κ2) is 6.50. The smallest absolute Gasteiger partial charge is 0.239 e. The van der Waals surface area contributed by atoms with Crippen molar-refractivity contribution in [1.82, 2.24) is 4.90 Å². The molecular formula is C14H21FN2O. The summed E-state index contributed by atoms with van der Waals surface area (Å²) in [6, 6.07) is 5.66. The Labute approximate surface area is 108 Å². The highest BCUT2D eigenvalue weighted by atomic mass is 19.1. The number of carbonyl (C=O) groups is 1. The molecule has 1 aromatic rings. The van der Waals surface area contributed by atoms with Gasteiger partial charge in [-0.1, -0.05) is 19.1 Å². The van der Waals surface area contributed by atoms with Gasteiger partial charge in [0.15, 0.2) is 0 Å². The summed E-state index contributed by atoms with van der Waals surface area (Å²) >= 11 is 0. The number of halogens is 1. The van der Waals surface area contributed by atoms with E-state index >= 15 is 0 Å². The fourth-order valence-electron chi connectivity index (χ4n) is 1.93. The van der Waals surface area contributed by atoms with Crippen LogP contribution >= 0.6 is 0 Å². The minimum Gasteiger partial charge on any atom is -0.335 e. The van der Waals surface area contributed by atoms with E-state index in [2.05, 4.69) is 0 Å². The number of nitrogens with two attached hydrogens (primary N) is 1. The maximum absolute atomic E-state index is 12.9. The van der Waals surface area contributed by atoms with Gasteiger partial charge in [0.1, 0.15) is 5.82 Å². The van der Waals surface area contributed by atoms with Crippen molar-refractivity contribution in [2.75, 3.05) is 6.54 Å². The molecule has 100 valence electrons. The normalized spacial score (nSPS) is 14.1. The molecule has 1 aromatic carbocycles. The van der Waals surface area contributed by atoms with Crippen molar-refractivity contribution in [3.63, 3.8) is 0 Å².